The Kier molecular flexibility index (Phi) is 4.53. The van der Waals surface area contributed by atoms with Gasteiger partial charge >= 0.3 is 0 Å². The van der Waals surface area contributed by atoms with Crippen LogP contribution in [-0.4, -0.2) is 24.1 Å². The number of nitrogens with one attached hydrogen (secondary N) is 1. The molecule has 1 aliphatic rings. The van der Waals surface area contributed by atoms with Crippen molar-refractivity contribution >= 4 is 17.3 Å². The first-order chi connectivity index (χ1) is 11.5. The predicted octanol–water partition coefficient (Wildman–Crippen LogP) is 3.26. The minimum absolute atomic E-state index is 0.0302. The van der Waals surface area contributed by atoms with Crippen LogP contribution in [0.4, 0.5) is 15.8 Å². The highest BCUT2D eigenvalue weighted by Crippen LogP contribution is 2.31. The van der Waals surface area contributed by atoms with E-state index < -0.39 is 6.10 Å². The van der Waals surface area contributed by atoms with Crippen LogP contribution in [-0.2, 0) is 4.79 Å². The van der Waals surface area contributed by atoms with Gasteiger partial charge in [0.25, 0.3) is 0 Å². The molecule has 2 aromatic carbocycles. The fourth-order valence-corrected chi connectivity index (χ4v) is 3.12. The summed E-state index contributed by atoms with van der Waals surface area (Å²) >= 11 is 0. The van der Waals surface area contributed by atoms with Gasteiger partial charge in [0, 0.05) is 13.1 Å². The molecule has 0 spiro atoms. The minimum atomic E-state index is -0.765. The summed E-state index contributed by atoms with van der Waals surface area (Å²) in [7, 11) is 0. The summed E-state index contributed by atoms with van der Waals surface area (Å²) in [5.41, 5.74) is 3.04. The average Bonchev–Trinajstić information content (AvgIpc) is 2.65. The number of rotatable bonds is 3. The Morgan fingerprint density at radius 3 is 2.83 bits per heavy atom. The zero-order valence-electron chi connectivity index (χ0n) is 13.8. The zero-order valence-corrected chi connectivity index (χ0v) is 13.8. The number of β-amino-alcohol motifs (C(OH)–C–C–N with tert-alkyl or cyclic N) is 1. The van der Waals surface area contributed by atoms with Crippen molar-refractivity contribution in [3.8, 4) is 0 Å². The van der Waals surface area contributed by atoms with E-state index in [1.807, 2.05) is 36.1 Å². The van der Waals surface area contributed by atoms with Crippen LogP contribution in [0.2, 0.25) is 0 Å². The smallest absolute Gasteiger partial charge is 0.229 e. The Hall–Kier alpha value is -2.40. The number of aliphatic hydroxyl groups is 1. The molecule has 2 atom stereocenters. The van der Waals surface area contributed by atoms with Crippen LogP contribution in [0.1, 0.15) is 24.2 Å². The van der Waals surface area contributed by atoms with Gasteiger partial charge in [0.15, 0.2) is 0 Å². The summed E-state index contributed by atoms with van der Waals surface area (Å²) in [5.74, 6) is -0.539. The minimum Gasteiger partial charge on any atom is -0.387 e. The molecule has 1 aliphatic heterocycles. The summed E-state index contributed by atoms with van der Waals surface area (Å²) in [4.78, 5) is 14.1. The van der Waals surface area contributed by atoms with Crippen LogP contribution in [0.25, 0.3) is 0 Å². The van der Waals surface area contributed by atoms with Crippen molar-refractivity contribution in [1.82, 2.24) is 0 Å². The summed E-state index contributed by atoms with van der Waals surface area (Å²) in [5, 5.41) is 13.6. The number of halogens is 1. The van der Waals surface area contributed by atoms with Crippen molar-refractivity contribution in [1.29, 1.82) is 0 Å². The molecule has 0 bridgehead atoms. The van der Waals surface area contributed by atoms with E-state index in [0.29, 0.717) is 24.2 Å². The molecule has 0 saturated carbocycles. The Bertz CT molecular complexity index is 763. The number of aryl methyl sites for hydroxylation is 1. The monoisotopic (exact) mass is 328 g/mol. The largest absolute Gasteiger partial charge is 0.387 e. The average molecular weight is 328 g/mol. The molecule has 0 radical (unpaired) electrons. The second-order valence-electron chi connectivity index (χ2n) is 6.33. The molecule has 24 heavy (non-hydrogen) atoms. The molecule has 2 aromatic rings. The first-order valence-corrected chi connectivity index (χ1v) is 8.04. The third kappa shape index (κ3) is 3.26. The van der Waals surface area contributed by atoms with E-state index in [4.69, 9.17) is 0 Å². The number of nitrogens with zero attached hydrogens (tertiary/aromatic N) is 1. The third-order valence-electron chi connectivity index (χ3n) is 4.43. The maximum atomic E-state index is 13.3. The highest BCUT2D eigenvalue weighted by atomic mass is 19.1. The van der Waals surface area contributed by atoms with Gasteiger partial charge in [-0.2, -0.15) is 0 Å². The highest BCUT2D eigenvalue weighted by molar-refractivity contribution is 5.97. The molecule has 3 rings (SSSR count). The molecule has 2 N–H and O–H groups in total. The quantitative estimate of drug-likeness (QED) is 0.909. The second kappa shape index (κ2) is 6.61. The molecule has 0 aliphatic carbocycles. The number of fused-ring (bicyclic) bond motifs is 1. The normalized spacial score (nSPS) is 18.6. The van der Waals surface area contributed by atoms with Crippen molar-refractivity contribution in [2.75, 3.05) is 23.3 Å². The maximum Gasteiger partial charge on any atom is 0.229 e. The molecular weight excluding hydrogens is 307 g/mol. The highest BCUT2D eigenvalue weighted by Gasteiger charge is 2.26. The number of hydrogen-bond donors (Lipinski definition) is 2. The van der Waals surface area contributed by atoms with Gasteiger partial charge in [-0.3, -0.25) is 4.79 Å². The number of amides is 1. The van der Waals surface area contributed by atoms with Crippen molar-refractivity contribution in [3.63, 3.8) is 0 Å². The molecule has 0 aromatic heterocycles. The standard InChI is InChI=1S/C19H21FN2O2/c1-12-9-14(20)7-8-15(12)18(23)11-22-10-13(2)19(24)21-16-5-3-4-6-17(16)22/h3-9,13,18,23H,10-11H2,1-2H3,(H,21,24). The van der Waals surface area contributed by atoms with Gasteiger partial charge in [0.05, 0.1) is 23.4 Å². The van der Waals surface area contributed by atoms with Gasteiger partial charge in [-0.15, -0.1) is 0 Å². The van der Waals surface area contributed by atoms with Crippen molar-refractivity contribution in [2.45, 2.75) is 20.0 Å². The third-order valence-corrected chi connectivity index (χ3v) is 4.43. The lowest BCUT2D eigenvalue weighted by atomic mass is 10.0. The molecule has 1 heterocycles. The first kappa shape index (κ1) is 16.5. The van der Waals surface area contributed by atoms with E-state index in [1.165, 1.54) is 12.1 Å². The number of aliphatic hydroxyl groups excluding tert-OH is 1. The Morgan fingerprint density at radius 1 is 1.33 bits per heavy atom. The van der Waals surface area contributed by atoms with E-state index in [2.05, 4.69) is 5.32 Å². The van der Waals surface area contributed by atoms with Crippen LogP contribution >= 0.6 is 0 Å². The summed E-state index contributed by atoms with van der Waals surface area (Å²) < 4.78 is 13.3. The first-order valence-electron chi connectivity index (χ1n) is 8.04. The molecule has 4 nitrogen and oxygen atoms in total. The summed E-state index contributed by atoms with van der Waals surface area (Å²) in [6, 6.07) is 12.0. The number of anilines is 2. The van der Waals surface area contributed by atoms with Gasteiger partial charge < -0.3 is 15.3 Å². The van der Waals surface area contributed by atoms with Crippen molar-refractivity contribution < 1.29 is 14.3 Å². The number of carbonyl (C=O) groups excluding carboxylic acids is 1. The number of carbonyl (C=O) groups is 1. The van der Waals surface area contributed by atoms with E-state index >= 15 is 0 Å². The SMILES string of the molecule is Cc1cc(F)ccc1C(O)CN1CC(C)C(=O)Nc2ccccc21. The second-order valence-corrected chi connectivity index (χ2v) is 6.33. The van der Waals surface area contributed by atoms with Crippen LogP contribution < -0.4 is 10.2 Å². The molecule has 0 fully saturated rings. The van der Waals surface area contributed by atoms with Crippen LogP contribution in [0.3, 0.4) is 0 Å². The topological polar surface area (TPSA) is 52.6 Å². The summed E-state index contributed by atoms with van der Waals surface area (Å²) in [6.07, 6.45) is -0.765. The van der Waals surface area contributed by atoms with E-state index in [1.54, 1.807) is 13.0 Å². The van der Waals surface area contributed by atoms with E-state index in [0.717, 1.165) is 11.4 Å². The van der Waals surface area contributed by atoms with Crippen LogP contribution in [0.15, 0.2) is 42.5 Å². The molecule has 1 amide bonds. The maximum absolute atomic E-state index is 13.3. The summed E-state index contributed by atoms with van der Waals surface area (Å²) in [6.45, 7) is 4.50. The Morgan fingerprint density at radius 2 is 2.08 bits per heavy atom. The van der Waals surface area contributed by atoms with Gasteiger partial charge in [0.1, 0.15) is 5.82 Å². The molecular formula is C19H21FN2O2. The predicted molar refractivity (Wildman–Crippen MR) is 92.5 cm³/mol. The Labute approximate surface area is 140 Å². The number of para-hydroxylation sites is 2. The van der Waals surface area contributed by atoms with E-state index in [-0.39, 0.29) is 17.6 Å². The van der Waals surface area contributed by atoms with Crippen LogP contribution in [0, 0.1) is 18.7 Å². The van der Waals surface area contributed by atoms with Crippen molar-refractivity contribution in [2.24, 2.45) is 5.92 Å². The lowest BCUT2D eigenvalue weighted by Gasteiger charge is -2.28. The molecule has 0 saturated heterocycles. The number of benzene rings is 2. The fourth-order valence-electron chi connectivity index (χ4n) is 3.12. The molecule has 2 unspecified atom stereocenters. The van der Waals surface area contributed by atoms with Gasteiger partial charge in [-0.05, 0) is 42.3 Å². The molecule has 126 valence electrons. The Balaban J connectivity index is 1.89. The van der Waals surface area contributed by atoms with Gasteiger partial charge in [-0.1, -0.05) is 25.1 Å². The van der Waals surface area contributed by atoms with Crippen LogP contribution in [0.5, 0.6) is 0 Å². The zero-order chi connectivity index (χ0) is 17.3. The lowest BCUT2D eigenvalue weighted by molar-refractivity contribution is -0.119. The van der Waals surface area contributed by atoms with E-state index in [9.17, 15) is 14.3 Å². The van der Waals surface area contributed by atoms with Crippen molar-refractivity contribution in [3.05, 3.63) is 59.4 Å². The fraction of sp³-hybridized carbons (Fsp3) is 0.316. The molecule has 5 heteroatoms. The van der Waals surface area contributed by atoms with Gasteiger partial charge in [0.2, 0.25) is 5.91 Å². The van der Waals surface area contributed by atoms with Gasteiger partial charge in [-0.25, -0.2) is 4.39 Å². The number of hydrogen-bond acceptors (Lipinski definition) is 3. The lowest BCUT2D eigenvalue weighted by Crippen LogP contribution is -2.34.